The number of imide groups is 1. The largest absolute Gasteiger partial charge is 0.289 e. The molecule has 2 amide bonds. The van der Waals surface area contributed by atoms with E-state index in [0.29, 0.717) is 23.8 Å². The molecule has 4 rings (SSSR count). The minimum atomic E-state index is -3.58. The molecular weight excluding hydrogens is 426 g/mol. The Morgan fingerprint density at radius 2 is 1.50 bits per heavy atom. The van der Waals surface area contributed by atoms with Gasteiger partial charge in [0.2, 0.25) is 15.9 Å². The van der Waals surface area contributed by atoms with Crippen LogP contribution in [0.2, 0.25) is 5.02 Å². The minimum absolute atomic E-state index is 0.0895. The van der Waals surface area contributed by atoms with Crippen LogP contribution in [-0.4, -0.2) is 61.7 Å². The van der Waals surface area contributed by atoms with E-state index in [2.05, 4.69) is 0 Å². The maximum atomic E-state index is 12.9. The molecule has 2 aliphatic rings. The fourth-order valence-electron chi connectivity index (χ4n) is 3.88. The molecule has 2 heterocycles. The van der Waals surface area contributed by atoms with Crippen LogP contribution in [0.3, 0.4) is 0 Å². The van der Waals surface area contributed by atoms with Crippen LogP contribution in [0.25, 0.3) is 0 Å². The predicted molar refractivity (Wildman–Crippen MR) is 114 cm³/mol. The molecule has 2 aliphatic heterocycles. The highest BCUT2D eigenvalue weighted by Gasteiger charge is 2.44. The Kier molecular flexibility index (Phi) is 5.67. The SMILES string of the molecule is Cc1ccc(S(=O)(=O)N2CCN([C@H]3CC(=O)N(c4ccc(Cl)cc4)C3=O)CC2)cc1. The third-order valence-corrected chi connectivity index (χ3v) is 7.75. The van der Waals surface area contributed by atoms with Gasteiger partial charge in [-0.1, -0.05) is 29.3 Å². The smallest absolute Gasteiger partial charge is 0.251 e. The quantitative estimate of drug-likeness (QED) is 0.672. The number of hydrogen-bond donors (Lipinski definition) is 0. The molecule has 158 valence electrons. The summed E-state index contributed by atoms with van der Waals surface area (Å²) in [6, 6.07) is 12.8. The molecule has 2 fully saturated rings. The zero-order valence-corrected chi connectivity index (χ0v) is 18.1. The van der Waals surface area contributed by atoms with Crippen LogP contribution >= 0.6 is 11.6 Å². The van der Waals surface area contributed by atoms with Crippen LogP contribution in [0.4, 0.5) is 5.69 Å². The van der Waals surface area contributed by atoms with E-state index >= 15 is 0 Å². The van der Waals surface area contributed by atoms with Crippen LogP contribution in [-0.2, 0) is 19.6 Å². The van der Waals surface area contributed by atoms with Gasteiger partial charge in [-0.2, -0.15) is 4.31 Å². The van der Waals surface area contributed by atoms with E-state index in [1.165, 1.54) is 9.21 Å². The van der Waals surface area contributed by atoms with Crippen molar-refractivity contribution in [1.82, 2.24) is 9.21 Å². The van der Waals surface area contributed by atoms with Gasteiger partial charge in [0.25, 0.3) is 5.91 Å². The molecule has 2 aromatic carbocycles. The van der Waals surface area contributed by atoms with Crippen molar-refractivity contribution in [2.24, 2.45) is 0 Å². The predicted octanol–water partition coefficient (Wildman–Crippen LogP) is 2.29. The Morgan fingerprint density at radius 1 is 0.900 bits per heavy atom. The lowest BCUT2D eigenvalue weighted by atomic mass is 10.2. The summed E-state index contributed by atoms with van der Waals surface area (Å²) in [5.41, 5.74) is 1.49. The first-order valence-electron chi connectivity index (χ1n) is 9.70. The number of benzene rings is 2. The normalized spacial score (nSPS) is 21.4. The maximum Gasteiger partial charge on any atom is 0.251 e. The lowest BCUT2D eigenvalue weighted by Crippen LogP contribution is -2.53. The Bertz CT molecular complexity index is 1060. The van der Waals surface area contributed by atoms with Gasteiger partial charge in [-0.25, -0.2) is 13.3 Å². The highest BCUT2D eigenvalue weighted by atomic mass is 35.5. The van der Waals surface area contributed by atoms with Crippen LogP contribution in [0.5, 0.6) is 0 Å². The fraction of sp³-hybridized carbons (Fsp3) is 0.333. The molecule has 9 heteroatoms. The Labute approximate surface area is 180 Å². The molecule has 0 N–H and O–H groups in total. The van der Waals surface area contributed by atoms with Crippen molar-refractivity contribution < 1.29 is 18.0 Å². The zero-order chi connectivity index (χ0) is 21.5. The lowest BCUT2D eigenvalue weighted by molar-refractivity contribution is -0.123. The van der Waals surface area contributed by atoms with E-state index in [4.69, 9.17) is 11.6 Å². The number of hydrogen-bond acceptors (Lipinski definition) is 5. The molecule has 0 radical (unpaired) electrons. The van der Waals surface area contributed by atoms with Gasteiger partial charge < -0.3 is 0 Å². The van der Waals surface area contributed by atoms with Gasteiger partial charge >= 0.3 is 0 Å². The molecule has 0 spiro atoms. The Morgan fingerprint density at radius 3 is 2.10 bits per heavy atom. The van der Waals surface area contributed by atoms with Crippen molar-refractivity contribution in [2.75, 3.05) is 31.1 Å². The third-order valence-electron chi connectivity index (χ3n) is 5.58. The van der Waals surface area contributed by atoms with Gasteiger partial charge in [0.1, 0.15) is 0 Å². The standard InChI is InChI=1S/C21H22ClN3O4S/c1-15-2-8-18(9-3-15)30(28,29)24-12-10-23(11-13-24)19-14-20(26)25(21(19)27)17-6-4-16(22)5-7-17/h2-9,19H,10-14H2,1H3/t19-/m0/s1. The summed E-state index contributed by atoms with van der Waals surface area (Å²) in [4.78, 5) is 28.8. The molecule has 0 unspecified atom stereocenters. The second-order valence-corrected chi connectivity index (χ2v) is 9.89. The van der Waals surface area contributed by atoms with E-state index < -0.39 is 16.1 Å². The summed E-state index contributed by atoms with van der Waals surface area (Å²) >= 11 is 5.89. The highest BCUT2D eigenvalue weighted by Crippen LogP contribution is 2.28. The summed E-state index contributed by atoms with van der Waals surface area (Å²) in [6.07, 6.45) is 0.0895. The van der Waals surface area contributed by atoms with Crippen molar-refractivity contribution in [1.29, 1.82) is 0 Å². The second kappa shape index (κ2) is 8.11. The molecule has 1 atom stereocenters. The van der Waals surface area contributed by atoms with E-state index in [0.717, 1.165) is 5.56 Å². The minimum Gasteiger partial charge on any atom is -0.289 e. The van der Waals surface area contributed by atoms with Crippen molar-refractivity contribution >= 4 is 39.1 Å². The number of aryl methyl sites for hydroxylation is 1. The Hall–Kier alpha value is -2.26. The number of anilines is 1. The molecule has 0 saturated carbocycles. The average Bonchev–Trinajstić information content (AvgIpc) is 3.03. The number of halogens is 1. The summed E-state index contributed by atoms with van der Waals surface area (Å²) in [7, 11) is -3.58. The van der Waals surface area contributed by atoms with Crippen LogP contribution in [0.1, 0.15) is 12.0 Å². The van der Waals surface area contributed by atoms with Crippen LogP contribution in [0.15, 0.2) is 53.4 Å². The summed E-state index contributed by atoms with van der Waals surface area (Å²) in [5.74, 6) is -0.542. The number of sulfonamides is 1. The van der Waals surface area contributed by atoms with Gasteiger partial charge in [-0.15, -0.1) is 0 Å². The molecule has 7 nitrogen and oxygen atoms in total. The number of piperazine rings is 1. The maximum absolute atomic E-state index is 12.9. The lowest BCUT2D eigenvalue weighted by Gasteiger charge is -2.36. The number of nitrogens with zero attached hydrogens (tertiary/aromatic N) is 3. The molecule has 0 aliphatic carbocycles. The van der Waals surface area contributed by atoms with Gasteiger partial charge in [0.15, 0.2) is 0 Å². The van der Waals surface area contributed by atoms with Crippen molar-refractivity contribution in [3.05, 3.63) is 59.1 Å². The molecule has 0 bridgehead atoms. The van der Waals surface area contributed by atoms with Gasteiger partial charge in [0.05, 0.1) is 23.0 Å². The van der Waals surface area contributed by atoms with Gasteiger partial charge in [-0.3, -0.25) is 14.5 Å². The average molecular weight is 448 g/mol. The third kappa shape index (κ3) is 3.88. The van der Waals surface area contributed by atoms with Crippen LogP contribution in [0, 0.1) is 6.92 Å². The number of carbonyl (C=O) groups is 2. The summed E-state index contributed by atoms with van der Waals surface area (Å²) in [6.45, 7) is 3.24. The molecule has 2 saturated heterocycles. The summed E-state index contributed by atoms with van der Waals surface area (Å²) in [5, 5.41) is 0.528. The van der Waals surface area contributed by atoms with Crippen molar-refractivity contribution in [3.8, 4) is 0 Å². The van der Waals surface area contributed by atoms with Gasteiger partial charge in [-0.05, 0) is 43.3 Å². The zero-order valence-electron chi connectivity index (χ0n) is 16.5. The fourth-order valence-corrected chi connectivity index (χ4v) is 5.43. The Balaban J connectivity index is 1.44. The second-order valence-electron chi connectivity index (χ2n) is 7.52. The highest BCUT2D eigenvalue weighted by molar-refractivity contribution is 7.89. The first kappa shape index (κ1) is 21.0. The van der Waals surface area contributed by atoms with E-state index in [-0.39, 0.29) is 36.2 Å². The van der Waals surface area contributed by atoms with E-state index in [9.17, 15) is 18.0 Å². The number of carbonyl (C=O) groups excluding carboxylic acids is 2. The first-order chi connectivity index (χ1) is 14.3. The van der Waals surface area contributed by atoms with Crippen molar-refractivity contribution in [3.63, 3.8) is 0 Å². The van der Waals surface area contributed by atoms with E-state index in [1.807, 2.05) is 11.8 Å². The summed E-state index contributed by atoms with van der Waals surface area (Å²) < 4.78 is 27.2. The van der Waals surface area contributed by atoms with Gasteiger partial charge in [0, 0.05) is 31.2 Å². The number of amides is 2. The number of rotatable bonds is 4. The first-order valence-corrected chi connectivity index (χ1v) is 11.5. The topological polar surface area (TPSA) is 78.0 Å². The molecule has 0 aromatic heterocycles. The van der Waals surface area contributed by atoms with Crippen molar-refractivity contribution in [2.45, 2.75) is 24.3 Å². The monoisotopic (exact) mass is 447 g/mol. The molecule has 30 heavy (non-hydrogen) atoms. The van der Waals surface area contributed by atoms with E-state index in [1.54, 1.807) is 48.5 Å². The molecular formula is C21H22ClN3O4S. The van der Waals surface area contributed by atoms with Crippen LogP contribution < -0.4 is 4.90 Å². The molecule has 2 aromatic rings.